The normalized spacial score (nSPS) is 26.7. The van der Waals surface area contributed by atoms with E-state index in [0.717, 1.165) is 27.4 Å². The van der Waals surface area contributed by atoms with Crippen molar-refractivity contribution < 1.29 is 14.7 Å². The van der Waals surface area contributed by atoms with E-state index in [1.54, 1.807) is 11.8 Å². The molecule has 142 valence electrons. The first kappa shape index (κ1) is 18.5. The van der Waals surface area contributed by atoms with Crippen LogP contribution in [0.1, 0.15) is 64.9 Å². The van der Waals surface area contributed by atoms with Crippen LogP contribution in [0.3, 0.4) is 0 Å². The molecule has 0 spiro atoms. The molecule has 27 heavy (non-hydrogen) atoms. The summed E-state index contributed by atoms with van der Waals surface area (Å²) in [6, 6.07) is 7.99. The number of benzene rings is 1. The molecule has 1 unspecified atom stereocenters. The quantitative estimate of drug-likeness (QED) is 0.675. The van der Waals surface area contributed by atoms with Crippen molar-refractivity contribution in [2.75, 3.05) is 0 Å². The van der Waals surface area contributed by atoms with Gasteiger partial charge in [-0.05, 0) is 33.8 Å². The summed E-state index contributed by atoms with van der Waals surface area (Å²) in [6.07, 6.45) is 2.19. The topological polar surface area (TPSA) is 54.4 Å². The number of aliphatic hydroxyl groups is 1. The highest BCUT2D eigenvalue weighted by Gasteiger charge is 2.45. The predicted octanol–water partition coefficient (Wildman–Crippen LogP) is 5.72. The molecule has 1 heterocycles. The van der Waals surface area contributed by atoms with Crippen LogP contribution in [0.4, 0.5) is 0 Å². The van der Waals surface area contributed by atoms with Crippen molar-refractivity contribution in [1.82, 2.24) is 0 Å². The lowest BCUT2D eigenvalue weighted by atomic mass is 9.67. The maximum Gasteiger partial charge on any atom is 0.163 e. The molecule has 0 radical (unpaired) electrons. The molecule has 1 aliphatic heterocycles. The summed E-state index contributed by atoms with van der Waals surface area (Å²) < 4.78 is 0. The maximum atomic E-state index is 13.2. The Balaban J connectivity index is 1.93. The van der Waals surface area contributed by atoms with Crippen molar-refractivity contribution in [3.8, 4) is 0 Å². The summed E-state index contributed by atoms with van der Waals surface area (Å²) in [7, 11) is 0. The molecule has 0 aromatic heterocycles. The summed E-state index contributed by atoms with van der Waals surface area (Å²) in [5.41, 5.74) is 1.84. The summed E-state index contributed by atoms with van der Waals surface area (Å²) >= 11 is 1.66. The number of hydrogen-bond donors (Lipinski definition) is 1. The van der Waals surface area contributed by atoms with E-state index < -0.39 is 5.92 Å². The number of fused-ring (bicyclic) bond motifs is 1. The van der Waals surface area contributed by atoms with Crippen molar-refractivity contribution in [3.63, 3.8) is 0 Å². The van der Waals surface area contributed by atoms with Crippen LogP contribution in [0.15, 0.2) is 51.0 Å². The van der Waals surface area contributed by atoms with Gasteiger partial charge in [0.1, 0.15) is 5.76 Å². The first-order valence-electron chi connectivity index (χ1n) is 9.56. The van der Waals surface area contributed by atoms with Crippen LogP contribution in [0, 0.1) is 10.8 Å². The maximum absolute atomic E-state index is 13.2. The van der Waals surface area contributed by atoms with Crippen molar-refractivity contribution in [2.24, 2.45) is 10.8 Å². The van der Waals surface area contributed by atoms with E-state index in [9.17, 15) is 14.7 Å². The first-order chi connectivity index (χ1) is 12.6. The smallest absolute Gasteiger partial charge is 0.163 e. The highest BCUT2D eigenvalue weighted by atomic mass is 32.2. The fourth-order valence-corrected chi connectivity index (χ4v) is 6.24. The number of Topliss-reactive ketones (excluding diaryl/α,β-unsaturated/α-hetero) is 2. The fraction of sp³-hybridized carbons (Fsp3) is 0.478. The van der Waals surface area contributed by atoms with Gasteiger partial charge in [-0.2, -0.15) is 0 Å². The Morgan fingerprint density at radius 1 is 0.889 bits per heavy atom. The molecule has 1 N–H and O–H groups in total. The van der Waals surface area contributed by atoms with Gasteiger partial charge in [0.05, 0.1) is 0 Å². The van der Waals surface area contributed by atoms with E-state index in [1.165, 1.54) is 0 Å². The fourth-order valence-electron chi connectivity index (χ4n) is 4.72. The molecule has 0 fully saturated rings. The van der Waals surface area contributed by atoms with Crippen LogP contribution in [-0.4, -0.2) is 16.7 Å². The molecular weight excluding hydrogens is 356 g/mol. The molecule has 1 aromatic rings. The minimum atomic E-state index is -0.426. The Kier molecular flexibility index (Phi) is 4.19. The van der Waals surface area contributed by atoms with Crippen LogP contribution in [-0.2, 0) is 9.59 Å². The van der Waals surface area contributed by atoms with Crippen LogP contribution in [0.25, 0.3) is 0 Å². The predicted molar refractivity (Wildman–Crippen MR) is 108 cm³/mol. The summed E-state index contributed by atoms with van der Waals surface area (Å²) in [4.78, 5) is 28.4. The van der Waals surface area contributed by atoms with Gasteiger partial charge in [-0.25, -0.2) is 0 Å². The lowest BCUT2D eigenvalue weighted by molar-refractivity contribution is -0.119. The number of hydrogen-bond acceptors (Lipinski definition) is 4. The summed E-state index contributed by atoms with van der Waals surface area (Å²) in [6.45, 7) is 8.24. The second-order valence-corrected chi connectivity index (χ2v) is 10.8. The lowest BCUT2D eigenvalue weighted by Crippen LogP contribution is -2.34. The Morgan fingerprint density at radius 3 is 2.15 bits per heavy atom. The third-order valence-corrected chi connectivity index (χ3v) is 7.02. The van der Waals surface area contributed by atoms with E-state index in [2.05, 4.69) is 19.9 Å². The third kappa shape index (κ3) is 3.18. The highest BCUT2D eigenvalue weighted by molar-refractivity contribution is 8.03. The highest BCUT2D eigenvalue weighted by Crippen LogP contribution is 2.56. The average Bonchev–Trinajstić information content (AvgIpc) is 2.50. The molecule has 3 aliphatic rings. The van der Waals surface area contributed by atoms with Crippen LogP contribution >= 0.6 is 11.8 Å². The van der Waals surface area contributed by atoms with Gasteiger partial charge in [-0.3, -0.25) is 9.59 Å². The van der Waals surface area contributed by atoms with Crippen molar-refractivity contribution in [3.05, 3.63) is 51.6 Å². The van der Waals surface area contributed by atoms with E-state index in [4.69, 9.17) is 0 Å². The number of carbonyl (C=O) groups is 2. The Morgan fingerprint density at radius 2 is 1.48 bits per heavy atom. The van der Waals surface area contributed by atoms with Gasteiger partial charge in [0.2, 0.25) is 0 Å². The molecule has 3 nitrogen and oxygen atoms in total. The molecule has 2 aliphatic carbocycles. The van der Waals surface area contributed by atoms with E-state index in [0.29, 0.717) is 24.8 Å². The molecule has 0 saturated carbocycles. The lowest BCUT2D eigenvalue weighted by Gasteiger charge is -2.40. The summed E-state index contributed by atoms with van der Waals surface area (Å²) in [5, 5.41) is 10.9. The Labute approximate surface area is 164 Å². The average molecular weight is 383 g/mol. The van der Waals surface area contributed by atoms with E-state index in [1.807, 2.05) is 32.0 Å². The summed E-state index contributed by atoms with van der Waals surface area (Å²) in [5.74, 6) is -0.178. The van der Waals surface area contributed by atoms with Gasteiger partial charge in [-0.15, -0.1) is 0 Å². The number of allylic oxidation sites excluding steroid dienone is 4. The largest absolute Gasteiger partial charge is 0.512 e. The van der Waals surface area contributed by atoms with Crippen LogP contribution in [0.5, 0.6) is 0 Å². The number of ketones is 2. The minimum absolute atomic E-state index is 0.0278. The zero-order valence-electron chi connectivity index (χ0n) is 16.4. The van der Waals surface area contributed by atoms with Crippen LogP contribution in [0.2, 0.25) is 0 Å². The molecule has 0 saturated heterocycles. The van der Waals surface area contributed by atoms with Crippen molar-refractivity contribution >= 4 is 23.3 Å². The Hall–Kier alpha value is -1.81. The van der Waals surface area contributed by atoms with Gasteiger partial charge in [0.25, 0.3) is 0 Å². The minimum Gasteiger partial charge on any atom is -0.512 e. The number of thioether (sulfide) groups is 1. The standard InChI is InChI=1S/C23H26O3S/c1-22(2)9-14(24)20(15(25)10-22)19-13-7-5-6-8-17(13)27-18-12-23(3,4)11-16(26)21(18)19/h5-8,19,24H,9-12H2,1-4H3. The molecule has 1 atom stereocenters. The van der Waals surface area contributed by atoms with Crippen molar-refractivity contribution in [1.29, 1.82) is 0 Å². The molecular formula is C23H26O3S. The number of rotatable bonds is 1. The zero-order chi connectivity index (χ0) is 19.6. The van der Waals surface area contributed by atoms with Crippen molar-refractivity contribution in [2.45, 2.75) is 64.2 Å². The molecule has 1 aromatic carbocycles. The monoisotopic (exact) mass is 382 g/mol. The van der Waals surface area contributed by atoms with E-state index >= 15 is 0 Å². The zero-order valence-corrected chi connectivity index (χ0v) is 17.2. The van der Waals surface area contributed by atoms with Gasteiger partial charge in [0.15, 0.2) is 11.6 Å². The molecule has 4 heteroatoms. The SMILES string of the molecule is CC1(C)CC(=O)C(C2C3=C(CC(C)(C)CC3=O)Sc3ccccc32)=C(O)C1. The second-order valence-electron chi connectivity index (χ2n) is 9.65. The molecule has 4 rings (SSSR count). The second kappa shape index (κ2) is 6.10. The third-order valence-electron chi connectivity index (χ3n) is 5.82. The number of carbonyl (C=O) groups excluding carboxylic acids is 2. The van der Waals surface area contributed by atoms with E-state index in [-0.39, 0.29) is 28.2 Å². The Bertz CT molecular complexity index is 917. The van der Waals surface area contributed by atoms with Crippen LogP contribution < -0.4 is 0 Å². The molecule has 0 amide bonds. The van der Waals surface area contributed by atoms with Gasteiger partial charge < -0.3 is 5.11 Å². The van der Waals surface area contributed by atoms with Gasteiger partial charge in [0, 0.05) is 41.2 Å². The molecule has 0 bridgehead atoms. The van der Waals surface area contributed by atoms with Gasteiger partial charge >= 0.3 is 0 Å². The number of aliphatic hydroxyl groups excluding tert-OH is 1. The van der Waals surface area contributed by atoms with Gasteiger partial charge in [-0.1, -0.05) is 57.7 Å². The first-order valence-corrected chi connectivity index (χ1v) is 10.4.